The third-order valence-electron chi connectivity index (χ3n) is 2.46. The van der Waals surface area contributed by atoms with Gasteiger partial charge in [0.1, 0.15) is 10.5 Å². The van der Waals surface area contributed by atoms with Gasteiger partial charge in [0.05, 0.1) is 5.60 Å². The van der Waals surface area contributed by atoms with Crippen LogP contribution in [0.4, 0.5) is 22.0 Å². The quantitative estimate of drug-likeness (QED) is 0.353. The molecule has 0 aliphatic heterocycles. The maximum atomic E-state index is 13.3. The normalized spacial score (nSPS) is 12.2. The molecule has 0 unspecified atom stereocenters. The fourth-order valence-corrected chi connectivity index (χ4v) is 1.45. The Morgan fingerprint density at radius 2 is 1.24 bits per heavy atom. The number of halogens is 5. The van der Waals surface area contributed by atoms with Gasteiger partial charge in [-0.25, -0.2) is 22.0 Å². The van der Waals surface area contributed by atoms with Crippen molar-refractivity contribution in [2.24, 2.45) is 0 Å². The first-order valence-corrected chi connectivity index (χ1v) is 5.58. The topological polar surface area (TPSA) is 9.23 Å². The summed E-state index contributed by atoms with van der Waals surface area (Å²) < 4.78 is 70.2. The fourth-order valence-electron chi connectivity index (χ4n) is 1.30. The summed E-state index contributed by atoms with van der Waals surface area (Å²) in [5.41, 5.74) is -1.81. The van der Waals surface area contributed by atoms with Gasteiger partial charge in [-0.3, -0.25) is 0 Å². The van der Waals surface area contributed by atoms with Crippen LogP contribution in [-0.4, -0.2) is 16.1 Å². The molecule has 0 bridgehead atoms. The molecule has 0 radical (unpaired) electrons. The van der Waals surface area contributed by atoms with E-state index in [4.69, 9.17) is 4.43 Å². The molecule has 0 spiro atoms. The summed E-state index contributed by atoms with van der Waals surface area (Å²) in [4.78, 5) is 0. The molecule has 1 aromatic rings. The molecule has 1 nitrogen and oxygen atoms in total. The number of rotatable bonds is 3. The molecule has 0 N–H and O–H groups in total. The molecular formula is C10H11F5OSi. The van der Waals surface area contributed by atoms with E-state index in [1.807, 2.05) is 0 Å². The summed E-state index contributed by atoms with van der Waals surface area (Å²) in [5.74, 6) is -9.60. The zero-order valence-electron chi connectivity index (χ0n) is 9.51. The predicted molar refractivity (Wildman–Crippen MR) is 55.0 cm³/mol. The van der Waals surface area contributed by atoms with Gasteiger partial charge < -0.3 is 4.43 Å². The summed E-state index contributed by atoms with van der Waals surface area (Å²) in [7, 11) is 0.292. The first-order chi connectivity index (χ1) is 7.71. The van der Waals surface area contributed by atoms with Crippen molar-refractivity contribution in [3.05, 3.63) is 34.6 Å². The average Bonchev–Trinajstić information content (AvgIpc) is 2.30. The van der Waals surface area contributed by atoms with Gasteiger partial charge in [-0.15, -0.1) is 0 Å². The van der Waals surface area contributed by atoms with Crippen LogP contribution in [0.5, 0.6) is 0 Å². The molecule has 0 saturated heterocycles. The summed E-state index contributed by atoms with van der Waals surface area (Å²) in [5, 5.41) is 0. The number of hydrogen-bond donors (Lipinski definition) is 0. The van der Waals surface area contributed by atoms with E-state index in [1.165, 1.54) is 13.8 Å². The van der Waals surface area contributed by atoms with Gasteiger partial charge in [0.25, 0.3) is 0 Å². The highest BCUT2D eigenvalue weighted by molar-refractivity contribution is 5.98. The van der Waals surface area contributed by atoms with E-state index in [2.05, 4.69) is 0 Å². The van der Waals surface area contributed by atoms with Gasteiger partial charge in [-0.2, -0.15) is 0 Å². The maximum absolute atomic E-state index is 13.3. The third-order valence-corrected chi connectivity index (χ3v) is 3.56. The minimum atomic E-state index is -2.15. The molecule has 0 atom stereocenters. The first kappa shape index (κ1) is 14.1. The highest BCUT2D eigenvalue weighted by Crippen LogP contribution is 2.26. The van der Waals surface area contributed by atoms with E-state index in [-0.39, 0.29) is 6.42 Å². The molecule has 1 rings (SSSR count). The third kappa shape index (κ3) is 2.66. The zero-order chi connectivity index (χ0) is 13.4. The summed E-state index contributed by atoms with van der Waals surface area (Å²) >= 11 is 0. The van der Waals surface area contributed by atoms with E-state index in [0.29, 0.717) is 10.5 Å². The van der Waals surface area contributed by atoms with Crippen LogP contribution < -0.4 is 0 Å². The van der Waals surface area contributed by atoms with Gasteiger partial charge in [0.2, 0.25) is 5.82 Å². The second-order valence-corrected chi connectivity index (χ2v) is 4.60. The van der Waals surface area contributed by atoms with Crippen molar-refractivity contribution in [2.45, 2.75) is 25.9 Å². The highest BCUT2D eigenvalue weighted by Gasteiger charge is 2.29. The van der Waals surface area contributed by atoms with E-state index in [9.17, 15) is 22.0 Å². The second kappa shape index (κ2) is 4.73. The molecule has 0 aromatic heterocycles. The van der Waals surface area contributed by atoms with E-state index in [1.54, 1.807) is 0 Å². The van der Waals surface area contributed by atoms with Crippen LogP contribution in [0.25, 0.3) is 0 Å². The van der Waals surface area contributed by atoms with Crippen molar-refractivity contribution in [2.75, 3.05) is 0 Å². The summed E-state index contributed by atoms with van der Waals surface area (Å²) in [6.07, 6.45) is -0.387. The average molecular weight is 270 g/mol. The minimum absolute atomic E-state index is 0.292. The van der Waals surface area contributed by atoms with Gasteiger partial charge in [0.15, 0.2) is 23.3 Å². The van der Waals surface area contributed by atoms with E-state index in [0.717, 1.165) is 0 Å². The highest BCUT2D eigenvalue weighted by atomic mass is 28.2. The Hall–Kier alpha value is -0.953. The predicted octanol–water partition coefficient (Wildman–Crippen LogP) is 2.00. The summed E-state index contributed by atoms with van der Waals surface area (Å²) in [6.45, 7) is 3.02. The molecule has 1 aromatic carbocycles. The Morgan fingerprint density at radius 3 is 1.59 bits per heavy atom. The number of hydrogen-bond acceptors (Lipinski definition) is 1. The lowest BCUT2D eigenvalue weighted by Crippen LogP contribution is -2.28. The minimum Gasteiger partial charge on any atom is -0.423 e. The van der Waals surface area contributed by atoms with E-state index >= 15 is 0 Å². The Bertz CT molecular complexity index is 418. The van der Waals surface area contributed by atoms with Crippen molar-refractivity contribution >= 4 is 10.5 Å². The number of benzene rings is 1. The van der Waals surface area contributed by atoms with Gasteiger partial charge in [-0.05, 0) is 13.8 Å². The standard InChI is InChI=1S/C10H11F5OSi/c1-10(2,16-17)3-4-5(11)7(13)9(15)8(14)6(4)12/h3H2,1-2,17H3. The molecule has 17 heavy (non-hydrogen) atoms. The van der Waals surface area contributed by atoms with Crippen LogP contribution >= 0.6 is 0 Å². The smallest absolute Gasteiger partial charge is 0.200 e. The molecule has 0 fully saturated rings. The SMILES string of the molecule is CC(C)(Cc1c(F)c(F)c(F)c(F)c1F)O[SiH3]. The van der Waals surface area contributed by atoms with Gasteiger partial charge in [-0.1, -0.05) is 0 Å². The van der Waals surface area contributed by atoms with Crippen LogP contribution in [0, 0.1) is 29.1 Å². The van der Waals surface area contributed by atoms with Crippen LogP contribution in [0.15, 0.2) is 0 Å². The molecule has 0 aliphatic rings. The van der Waals surface area contributed by atoms with Crippen molar-refractivity contribution in [1.82, 2.24) is 0 Å². The van der Waals surface area contributed by atoms with Crippen molar-refractivity contribution in [3.63, 3.8) is 0 Å². The molecule has 7 heteroatoms. The van der Waals surface area contributed by atoms with Crippen LogP contribution in [-0.2, 0) is 10.8 Å². The van der Waals surface area contributed by atoms with Crippen molar-refractivity contribution in [1.29, 1.82) is 0 Å². The Balaban J connectivity index is 3.35. The first-order valence-electron chi connectivity index (χ1n) is 4.76. The lowest BCUT2D eigenvalue weighted by Gasteiger charge is -2.24. The molecule has 0 aliphatic carbocycles. The maximum Gasteiger partial charge on any atom is 0.200 e. The monoisotopic (exact) mass is 270 g/mol. The largest absolute Gasteiger partial charge is 0.423 e. The lowest BCUT2D eigenvalue weighted by atomic mass is 9.97. The zero-order valence-corrected chi connectivity index (χ0v) is 11.5. The molecule has 0 amide bonds. The van der Waals surface area contributed by atoms with Crippen molar-refractivity contribution < 1.29 is 26.4 Å². The Kier molecular flexibility index (Phi) is 3.93. The Morgan fingerprint density at radius 1 is 0.882 bits per heavy atom. The fraction of sp³-hybridized carbons (Fsp3) is 0.400. The van der Waals surface area contributed by atoms with Crippen LogP contribution in [0.3, 0.4) is 0 Å². The van der Waals surface area contributed by atoms with E-state index < -0.39 is 40.3 Å². The summed E-state index contributed by atoms with van der Waals surface area (Å²) in [6, 6.07) is 0. The van der Waals surface area contributed by atoms with Crippen LogP contribution in [0.2, 0.25) is 0 Å². The van der Waals surface area contributed by atoms with Gasteiger partial charge in [0, 0.05) is 12.0 Å². The molecule has 0 heterocycles. The molecule has 0 saturated carbocycles. The van der Waals surface area contributed by atoms with Crippen molar-refractivity contribution in [3.8, 4) is 0 Å². The van der Waals surface area contributed by atoms with Crippen LogP contribution in [0.1, 0.15) is 19.4 Å². The molecule has 96 valence electrons. The van der Waals surface area contributed by atoms with Gasteiger partial charge >= 0.3 is 0 Å². The Labute approximate surface area is 98.1 Å². The lowest BCUT2D eigenvalue weighted by molar-refractivity contribution is 0.121. The molecular weight excluding hydrogens is 259 g/mol. The second-order valence-electron chi connectivity index (χ2n) is 4.19.